The topological polar surface area (TPSA) is 0 Å². The van der Waals surface area contributed by atoms with E-state index in [1.54, 1.807) is 0 Å². The second-order valence-corrected chi connectivity index (χ2v) is 0. The van der Waals surface area contributed by atoms with Gasteiger partial charge < -0.3 is 99.3 Å². The van der Waals surface area contributed by atoms with Gasteiger partial charge in [-0.05, 0) is 0 Å². The van der Waals surface area contributed by atoms with Gasteiger partial charge in [-0.2, -0.15) is 0 Å². The van der Waals surface area contributed by atoms with Crippen molar-refractivity contribution >= 4 is 0 Å². The van der Waals surface area contributed by atoms with Crippen molar-refractivity contribution in [2.24, 2.45) is 0 Å². The molecule has 0 radical (unpaired) electrons. The molecule has 0 nitrogen and oxygen atoms in total. The van der Waals surface area contributed by atoms with Crippen LogP contribution in [0.4, 0.5) is 0 Å². The average molecular weight is 510 g/mol. The summed E-state index contributed by atoms with van der Waals surface area (Å²) < 4.78 is 0. The molecule has 0 aliphatic carbocycles. The van der Waals surface area contributed by atoms with Gasteiger partial charge in [0.1, 0.15) is 0 Å². The van der Waals surface area contributed by atoms with Crippen molar-refractivity contribution in [3.8, 4) is 0 Å². The maximum absolute atomic E-state index is 0. The van der Waals surface area contributed by atoms with E-state index in [-0.39, 0.29) is 147 Å². The summed E-state index contributed by atoms with van der Waals surface area (Å²) in [6.07, 6.45) is 0. The first-order chi connectivity index (χ1) is 0. The van der Waals surface area contributed by atoms with Crippen LogP contribution >= 0.6 is 0 Å². The minimum atomic E-state index is 0. The molecule has 0 atom stereocenters. The molecule has 0 aromatic carbocycles. The molecular formula is Cl8HfTi. The number of halogens is 8. The van der Waals surface area contributed by atoms with Crippen molar-refractivity contribution in [1.29, 1.82) is 0 Å². The third-order valence-corrected chi connectivity index (χ3v) is 0. The van der Waals surface area contributed by atoms with Crippen LogP contribution in [0.3, 0.4) is 0 Å². The van der Waals surface area contributed by atoms with Crippen LogP contribution in [-0.4, -0.2) is 0 Å². The number of hydrogen-bond acceptors (Lipinski definition) is 0. The van der Waals surface area contributed by atoms with Crippen molar-refractivity contribution in [2.45, 2.75) is 0 Å². The molecular weight excluding hydrogens is 510 g/mol. The normalized spacial score (nSPS) is 0. The van der Waals surface area contributed by atoms with Crippen LogP contribution < -0.4 is 99.3 Å². The molecule has 0 amide bonds. The SMILES string of the molecule is [Cl-].[Cl-].[Cl-].[Cl-].[Cl-].[Cl-].[Cl-].[Cl-].[Hf+4].[Ti+4]. The first kappa shape index (κ1) is 152. The van der Waals surface area contributed by atoms with Crippen LogP contribution in [0, 0.1) is 0 Å². The third kappa shape index (κ3) is 92.9. The fourth-order valence-corrected chi connectivity index (χ4v) is 0. The van der Waals surface area contributed by atoms with E-state index in [1.807, 2.05) is 0 Å². The van der Waals surface area contributed by atoms with E-state index in [0.717, 1.165) is 0 Å². The average Bonchev–Trinajstić information content (AvgIpc) is 0. The van der Waals surface area contributed by atoms with E-state index in [0.29, 0.717) is 0 Å². The van der Waals surface area contributed by atoms with Gasteiger partial charge in [-0.15, -0.1) is 0 Å². The van der Waals surface area contributed by atoms with Crippen molar-refractivity contribution in [1.82, 2.24) is 0 Å². The monoisotopic (exact) mass is 508 g/mol. The number of rotatable bonds is 0. The molecule has 0 aromatic heterocycles. The Hall–Kier alpha value is 3.90. The maximum Gasteiger partial charge on any atom is 4.00 e. The summed E-state index contributed by atoms with van der Waals surface area (Å²) in [5.74, 6) is 0. The van der Waals surface area contributed by atoms with E-state index in [1.165, 1.54) is 0 Å². The van der Waals surface area contributed by atoms with E-state index < -0.39 is 0 Å². The zero-order valence-electron chi connectivity index (χ0n) is 4.02. The van der Waals surface area contributed by atoms with Crippen LogP contribution in [0.15, 0.2) is 0 Å². The fraction of sp³-hybridized carbons (Fsp3) is 0. The molecule has 10 heavy (non-hydrogen) atoms. The minimum absolute atomic E-state index is 0. The summed E-state index contributed by atoms with van der Waals surface area (Å²) in [5, 5.41) is 0. The summed E-state index contributed by atoms with van der Waals surface area (Å²) in [6.45, 7) is 0. The van der Waals surface area contributed by atoms with Crippen LogP contribution in [0.5, 0.6) is 0 Å². The largest absolute Gasteiger partial charge is 4.00 e. The van der Waals surface area contributed by atoms with Gasteiger partial charge in [0.05, 0.1) is 0 Å². The molecule has 0 saturated carbocycles. The Labute approximate surface area is 145 Å². The van der Waals surface area contributed by atoms with E-state index in [4.69, 9.17) is 0 Å². The number of hydrogen-bond donors (Lipinski definition) is 0. The Morgan fingerprint density at radius 1 is 0.300 bits per heavy atom. The molecule has 0 N–H and O–H groups in total. The Bertz CT molecular complexity index is 9.22. The third-order valence-electron chi connectivity index (χ3n) is 0. The predicted octanol–water partition coefficient (Wildman–Crippen LogP) is -24.0. The predicted molar refractivity (Wildman–Crippen MR) is 0 cm³/mol. The second kappa shape index (κ2) is 120. The van der Waals surface area contributed by atoms with E-state index in [2.05, 4.69) is 0 Å². The molecule has 0 unspecified atom stereocenters. The summed E-state index contributed by atoms with van der Waals surface area (Å²) in [6, 6.07) is 0. The maximum atomic E-state index is 0. The molecule has 0 aromatic rings. The molecule has 10 heteroatoms. The van der Waals surface area contributed by atoms with Crippen molar-refractivity contribution < 1.29 is 147 Å². The molecule has 0 heterocycles. The Morgan fingerprint density at radius 2 is 0.300 bits per heavy atom. The van der Waals surface area contributed by atoms with Crippen LogP contribution in [-0.2, 0) is 47.6 Å². The van der Waals surface area contributed by atoms with Gasteiger partial charge in [0, 0.05) is 0 Å². The fourth-order valence-electron chi connectivity index (χ4n) is 0. The Kier molecular flexibility index (Phi) is 1820. The first-order valence-corrected chi connectivity index (χ1v) is 0. The molecule has 0 fully saturated rings. The van der Waals surface area contributed by atoms with Crippen molar-refractivity contribution in [3.05, 3.63) is 0 Å². The van der Waals surface area contributed by atoms with Crippen LogP contribution in [0.2, 0.25) is 0 Å². The summed E-state index contributed by atoms with van der Waals surface area (Å²) in [4.78, 5) is 0. The van der Waals surface area contributed by atoms with Crippen LogP contribution in [0.1, 0.15) is 0 Å². The second-order valence-electron chi connectivity index (χ2n) is 0. The Balaban J connectivity index is 0. The van der Waals surface area contributed by atoms with Gasteiger partial charge >= 0.3 is 47.6 Å². The zero-order chi connectivity index (χ0) is 0. The van der Waals surface area contributed by atoms with E-state index in [9.17, 15) is 0 Å². The summed E-state index contributed by atoms with van der Waals surface area (Å²) in [5.41, 5.74) is 0. The van der Waals surface area contributed by atoms with Crippen molar-refractivity contribution in [3.63, 3.8) is 0 Å². The Morgan fingerprint density at radius 3 is 0.300 bits per heavy atom. The van der Waals surface area contributed by atoms with Gasteiger partial charge in [0.2, 0.25) is 0 Å². The first-order valence-electron chi connectivity index (χ1n) is 0. The molecule has 0 aliphatic heterocycles. The molecule has 0 saturated heterocycles. The zero-order valence-corrected chi connectivity index (χ0v) is 15.2. The van der Waals surface area contributed by atoms with Crippen molar-refractivity contribution in [2.75, 3.05) is 0 Å². The molecule has 0 aliphatic rings. The van der Waals surface area contributed by atoms with Gasteiger partial charge in [-0.1, -0.05) is 0 Å². The molecule has 0 spiro atoms. The van der Waals surface area contributed by atoms with Gasteiger partial charge in [0.15, 0.2) is 0 Å². The van der Waals surface area contributed by atoms with Gasteiger partial charge in [-0.25, -0.2) is 0 Å². The quantitative estimate of drug-likeness (QED) is 0.285. The van der Waals surface area contributed by atoms with Crippen LogP contribution in [0.25, 0.3) is 0 Å². The molecule has 64 valence electrons. The summed E-state index contributed by atoms with van der Waals surface area (Å²) >= 11 is 0. The van der Waals surface area contributed by atoms with E-state index >= 15 is 0 Å². The standard InChI is InChI=1S/8ClH.Hf.Ti/h8*1H;;/q;;;;;;;;2*+4/p-8. The van der Waals surface area contributed by atoms with Gasteiger partial charge in [-0.3, -0.25) is 0 Å². The summed E-state index contributed by atoms with van der Waals surface area (Å²) in [7, 11) is 0. The molecule has 0 bridgehead atoms. The smallest absolute Gasteiger partial charge is 1.00 e. The molecule has 0 rings (SSSR count). The van der Waals surface area contributed by atoms with Gasteiger partial charge in [0.25, 0.3) is 0 Å². The minimum Gasteiger partial charge on any atom is -1.00 e.